The minimum absolute atomic E-state index is 0.192. The predicted octanol–water partition coefficient (Wildman–Crippen LogP) is 3.64. The first-order valence-corrected chi connectivity index (χ1v) is 5.97. The molecule has 1 unspecified atom stereocenters. The molecule has 0 bridgehead atoms. The number of benzene rings is 1. The molecular weight excluding hydrogens is 200 g/mol. The smallest absolute Gasteiger partial charge is 0.115 e. The number of rotatable bonds is 5. The molecule has 0 saturated heterocycles. The average Bonchev–Trinajstić information content (AvgIpc) is 2.29. The molecule has 0 heterocycles. The van der Waals surface area contributed by atoms with Crippen LogP contribution in [-0.2, 0) is 0 Å². The Hall–Kier alpha value is -1.02. The molecule has 2 nitrogen and oxygen atoms in total. The van der Waals surface area contributed by atoms with E-state index in [-0.39, 0.29) is 11.2 Å². The van der Waals surface area contributed by atoms with Gasteiger partial charge in [0.15, 0.2) is 0 Å². The third-order valence-electron chi connectivity index (χ3n) is 3.67. The molecule has 2 heteroatoms. The fraction of sp³-hybridized carbons (Fsp3) is 0.571. The van der Waals surface area contributed by atoms with Crippen LogP contribution in [0.4, 0.5) is 0 Å². The summed E-state index contributed by atoms with van der Waals surface area (Å²) in [6.07, 6.45) is 2.47. The van der Waals surface area contributed by atoms with E-state index in [0.29, 0.717) is 0 Å². The van der Waals surface area contributed by atoms with Crippen molar-refractivity contribution in [3.05, 3.63) is 29.8 Å². The molecular formula is C14H22O2. The number of hydrogen-bond donors (Lipinski definition) is 2. The fourth-order valence-electron chi connectivity index (χ4n) is 1.82. The number of phenolic OH excluding ortho intramolecular Hbond substituents is 1. The van der Waals surface area contributed by atoms with E-state index in [1.807, 2.05) is 0 Å². The van der Waals surface area contributed by atoms with E-state index in [0.717, 1.165) is 24.8 Å². The molecule has 1 atom stereocenters. The van der Waals surface area contributed by atoms with Gasteiger partial charge in [-0.15, -0.1) is 0 Å². The molecule has 0 aliphatic rings. The van der Waals surface area contributed by atoms with E-state index in [1.165, 1.54) is 0 Å². The normalized spacial score (nSPS) is 13.8. The van der Waals surface area contributed by atoms with Crippen molar-refractivity contribution in [1.82, 2.24) is 0 Å². The monoisotopic (exact) mass is 222 g/mol. The van der Waals surface area contributed by atoms with Crippen LogP contribution < -0.4 is 0 Å². The Morgan fingerprint density at radius 2 is 1.62 bits per heavy atom. The van der Waals surface area contributed by atoms with E-state index < -0.39 is 6.10 Å². The molecule has 0 spiro atoms. The Balaban J connectivity index is 2.71. The van der Waals surface area contributed by atoms with Gasteiger partial charge in [-0.2, -0.15) is 0 Å². The van der Waals surface area contributed by atoms with E-state index in [2.05, 4.69) is 20.8 Å². The summed E-state index contributed by atoms with van der Waals surface area (Å²) in [7, 11) is 0. The highest BCUT2D eigenvalue weighted by atomic mass is 16.3. The minimum atomic E-state index is -0.439. The first kappa shape index (κ1) is 13.0. The van der Waals surface area contributed by atoms with Crippen LogP contribution in [0.5, 0.6) is 5.75 Å². The van der Waals surface area contributed by atoms with Crippen LogP contribution in [0.25, 0.3) is 0 Å². The van der Waals surface area contributed by atoms with Crippen molar-refractivity contribution in [2.24, 2.45) is 5.41 Å². The molecule has 1 aromatic rings. The number of aliphatic hydroxyl groups excluding tert-OH is 1. The lowest BCUT2D eigenvalue weighted by molar-refractivity contribution is 0.100. The summed E-state index contributed by atoms with van der Waals surface area (Å²) in [6.45, 7) is 6.52. The van der Waals surface area contributed by atoms with Crippen molar-refractivity contribution in [2.45, 2.75) is 46.1 Å². The molecule has 1 rings (SSSR count). The number of aliphatic hydroxyl groups is 1. The van der Waals surface area contributed by atoms with E-state index in [9.17, 15) is 10.2 Å². The van der Waals surface area contributed by atoms with Gasteiger partial charge >= 0.3 is 0 Å². The first-order valence-electron chi connectivity index (χ1n) is 5.97. The van der Waals surface area contributed by atoms with Crippen LogP contribution in [0.3, 0.4) is 0 Å². The molecule has 1 aromatic carbocycles. The first-order chi connectivity index (χ1) is 7.50. The Morgan fingerprint density at radius 1 is 1.12 bits per heavy atom. The summed E-state index contributed by atoms with van der Waals surface area (Å²) >= 11 is 0. The van der Waals surface area contributed by atoms with E-state index in [1.54, 1.807) is 24.3 Å². The highest BCUT2D eigenvalue weighted by Gasteiger charge is 2.24. The lowest BCUT2D eigenvalue weighted by Gasteiger charge is -2.29. The van der Waals surface area contributed by atoms with Gasteiger partial charge in [-0.3, -0.25) is 0 Å². The second kappa shape index (κ2) is 5.35. The van der Waals surface area contributed by atoms with E-state index >= 15 is 0 Å². The highest BCUT2D eigenvalue weighted by Crippen LogP contribution is 2.36. The van der Waals surface area contributed by atoms with Gasteiger partial charge in [0, 0.05) is 0 Å². The van der Waals surface area contributed by atoms with Crippen LogP contribution in [-0.4, -0.2) is 10.2 Å². The third kappa shape index (κ3) is 3.24. The molecule has 0 aliphatic carbocycles. The van der Waals surface area contributed by atoms with Gasteiger partial charge in [-0.05, 0) is 29.5 Å². The number of phenols is 1. The van der Waals surface area contributed by atoms with Gasteiger partial charge in [0.2, 0.25) is 0 Å². The zero-order valence-electron chi connectivity index (χ0n) is 10.4. The summed E-state index contributed by atoms with van der Waals surface area (Å²) in [5, 5.41) is 19.3. The summed E-state index contributed by atoms with van der Waals surface area (Å²) in [4.78, 5) is 0. The van der Waals surface area contributed by atoms with Crippen molar-refractivity contribution in [2.75, 3.05) is 0 Å². The Kier molecular flexibility index (Phi) is 4.36. The lowest BCUT2D eigenvalue weighted by Crippen LogP contribution is -2.18. The predicted molar refractivity (Wildman–Crippen MR) is 66.4 cm³/mol. The molecule has 0 aromatic heterocycles. The topological polar surface area (TPSA) is 40.5 Å². The number of aromatic hydroxyl groups is 1. The largest absolute Gasteiger partial charge is 0.508 e. The molecule has 0 saturated carbocycles. The van der Waals surface area contributed by atoms with Gasteiger partial charge in [-0.1, -0.05) is 45.7 Å². The van der Waals surface area contributed by atoms with Crippen molar-refractivity contribution in [3.63, 3.8) is 0 Å². The summed E-state index contributed by atoms with van der Waals surface area (Å²) in [5.74, 6) is 0.240. The van der Waals surface area contributed by atoms with Gasteiger partial charge in [-0.25, -0.2) is 0 Å². The summed E-state index contributed by atoms with van der Waals surface area (Å²) in [6, 6.07) is 6.80. The molecule has 16 heavy (non-hydrogen) atoms. The van der Waals surface area contributed by atoms with Crippen molar-refractivity contribution >= 4 is 0 Å². The molecule has 0 amide bonds. The summed E-state index contributed by atoms with van der Waals surface area (Å²) < 4.78 is 0. The average molecular weight is 222 g/mol. The quantitative estimate of drug-likeness (QED) is 0.798. The summed E-state index contributed by atoms with van der Waals surface area (Å²) in [5.41, 5.74) is 1.07. The van der Waals surface area contributed by atoms with Gasteiger partial charge in [0.1, 0.15) is 5.75 Å². The second-order valence-corrected chi connectivity index (χ2v) is 4.83. The van der Waals surface area contributed by atoms with E-state index in [4.69, 9.17) is 0 Å². The fourth-order valence-corrected chi connectivity index (χ4v) is 1.82. The third-order valence-corrected chi connectivity index (χ3v) is 3.67. The van der Waals surface area contributed by atoms with Crippen LogP contribution in [0, 0.1) is 5.41 Å². The lowest BCUT2D eigenvalue weighted by atomic mass is 9.78. The SMILES string of the molecule is CCC(C)(CC)CC(O)c1ccc(O)cc1. The maximum absolute atomic E-state index is 10.1. The van der Waals surface area contributed by atoms with Gasteiger partial charge < -0.3 is 10.2 Å². The molecule has 90 valence electrons. The van der Waals surface area contributed by atoms with Crippen LogP contribution >= 0.6 is 0 Å². The minimum Gasteiger partial charge on any atom is -0.508 e. The molecule has 0 aliphatic heterocycles. The van der Waals surface area contributed by atoms with Gasteiger partial charge in [0.25, 0.3) is 0 Å². The second-order valence-electron chi connectivity index (χ2n) is 4.83. The van der Waals surface area contributed by atoms with Crippen LogP contribution in [0.2, 0.25) is 0 Å². The van der Waals surface area contributed by atoms with Crippen LogP contribution in [0.15, 0.2) is 24.3 Å². The molecule has 0 fully saturated rings. The molecule has 0 radical (unpaired) electrons. The zero-order chi connectivity index (χ0) is 12.2. The Morgan fingerprint density at radius 3 is 2.06 bits per heavy atom. The zero-order valence-corrected chi connectivity index (χ0v) is 10.4. The highest BCUT2D eigenvalue weighted by molar-refractivity contribution is 5.27. The maximum Gasteiger partial charge on any atom is 0.115 e. The van der Waals surface area contributed by atoms with Crippen molar-refractivity contribution in [1.29, 1.82) is 0 Å². The molecule has 2 N–H and O–H groups in total. The maximum atomic E-state index is 10.1. The Labute approximate surface area is 97.9 Å². The van der Waals surface area contributed by atoms with Gasteiger partial charge in [0.05, 0.1) is 6.10 Å². The van der Waals surface area contributed by atoms with Crippen molar-refractivity contribution < 1.29 is 10.2 Å². The van der Waals surface area contributed by atoms with Crippen molar-refractivity contribution in [3.8, 4) is 5.75 Å². The Bertz CT molecular complexity index is 312. The van der Waals surface area contributed by atoms with Crippen LogP contribution in [0.1, 0.15) is 51.7 Å². The number of hydrogen-bond acceptors (Lipinski definition) is 2. The standard InChI is InChI=1S/C14H22O2/c1-4-14(3,5-2)10-13(16)11-6-8-12(15)9-7-11/h6-9,13,15-16H,4-5,10H2,1-3H3.